The summed E-state index contributed by atoms with van der Waals surface area (Å²) in [6, 6.07) is 5.92. The largest absolute Gasteiger partial charge is 0.481 e. The van der Waals surface area contributed by atoms with Gasteiger partial charge in [-0.25, -0.2) is 0 Å². The van der Waals surface area contributed by atoms with Crippen LogP contribution in [0.4, 0.5) is 8.78 Å². The van der Waals surface area contributed by atoms with E-state index < -0.39 is 18.5 Å². The van der Waals surface area contributed by atoms with Gasteiger partial charge in [-0.2, -0.15) is 13.9 Å². The number of rotatable bonds is 5. The number of carboxylic acids is 1. The second-order valence-electron chi connectivity index (χ2n) is 6.20. The van der Waals surface area contributed by atoms with E-state index in [0.717, 1.165) is 0 Å². The lowest BCUT2D eigenvalue weighted by Crippen LogP contribution is -2.30. The number of carbonyl (C=O) groups is 2. The van der Waals surface area contributed by atoms with Gasteiger partial charge >= 0.3 is 12.6 Å². The maximum absolute atomic E-state index is 12.8. The number of aliphatic carboxylic acids is 1. The molecule has 26 heavy (non-hydrogen) atoms. The lowest BCUT2D eigenvalue weighted by atomic mass is 9.99. The van der Waals surface area contributed by atoms with Crippen molar-refractivity contribution in [3.63, 3.8) is 0 Å². The maximum Gasteiger partial charge on any atom is 0.387 e. The normalized spacial score (nSPS) is 19.8. The van der Waals surface area contributed by atoms with Crippen LogP contribution in [0.5, 0.6) is 5.75 Å². The maximum atomic E-state index is 12.8. The molecule has 0 aliphatic carbocycles. The molecule has 0 unspecified atom stereocenters. The van der Waals surface area contributed by atoms with Gasteiger partial charge in [0.25, 0.3) is 5.91 Å². The fourth-order valence-corrected chi connectivity index (χ4v) is 3.12. The van der Waals surface area contributed by atoms with Crippen LogP contribution in [0.1, 0.15) is 17.3 Å². The van der Waals surface area contributed by atoms with Crippen molar-refractivity contribution in [2.45, 2.75) is 13.5 Å². The van der Waals surface area contributed by atoms with E-state index in [0.29, 0.717) is 17.8 Å². The summed E-state index contributed by atoms with van der Waals surface area (Å²) in [6.07, 6.45) is 1.34. The molecule has 9 heteroatoms. The molecule has 2 N–H and O–H groups in total. The molecule has 1 fully saturated rings. The minimum atomic E-state index is -2.95. The average molecular weight is 365 g/mol. The van der Waals surface area contributed by atoms with Crippen LogP contribution in [-0.2, 0) is 4.79 Å². The molecule has 0 bridgehead atoms. The summed E-state index contributed by atoms with van der Waals surface area (Å²) in [7, 11) is 0. The van der Waals surface area contributed by atoms with E-state index in [9.17, 15) is 23.5 Å². The van der Waals surface area contributed by atoms with Gasteiger partial charge in [-0.3, -0.25) is 14.7 Å². The minimum Gasteiger partial charge on any atom is -0.481 e. The Bertz CT molecular complexity index is 824. The number of hydrogen-bond acceptors (Lipinski definition) is 4. The third-order valence-electron chi connectivity index (χ3n) is 4.43. The number of ether oxygens (including phenoxy) is 1. The van der Waals surface area contributed by atoms with Crippen LogP contribution >= 0.6 is 0 Å². The standard InChI is InChI=1S/C17H17F2N3O4/c1-9-7-22(8-13(9)16(24)25)15(23)12-6-20-21-14(12)10-3-2-4-11(5-10)26-17(18)19/h2-6,9,13,17H,7-8H2,1H3,(H,20,21)(H,24,25)/t9-,13-/m1/s1. The Balaban J connectivity index is 1.85. The Kier molecular flexibility index (Phi) is 4.88. The zero-order chi connectivity index (χ0) is 18.8. The summed E-state index contributed by atoms with van der Waals surface area (Å²) < 4.78 is 29.2. The van der Waals surface area contributed by atoms with E-state index in [-0.39, 0.29) is 29.7 Å². The number of carbonyl (C=O) groups excluding carboxylic acids is 1. The van der Waals surface area contributed by atoms with E-state index in [2.05, 4.69) is 14.9 Å². The number of aromatic nitrogens is 2. The topological polar surface area (TPSA) is 95.5 Å². The van der Waals surface area contributed by atoms with Crippen molar-refractivity contribution in [1.29, 1.82) is 0 Å². The van der Waals surface area contributed by atoms with Crippen LogP contribution in [-0.4, -0.2) is 51.8 Å². The SMILES string of the molecule is C[C@@H]1CN(C(=O)c2cn[nH]c2-c2cccc(OC(F)F)c2)C[C@H]1C(=O)O. The van der Waals surface area contributed by atoms with E-state index in [1.54, 1.807) is 13.0 Å². The lowest BCUT2D eigenvalue weighted by Gasteiger charge is -2.16. The van der Waals surface area contributed by atoms with Gasteiger partial charge in [0, 0.05) is 18.7 Å². The summed E-state index contributed by atoms with van der Waals surface area (Å²) in [4.78, 5) is 25.5. The highest BCUT2D eigenvalue weighted by Gasteiger charge is 2.38. The first-order valence-corrected chi connectivity index (χ1v) is 7.97. The Morgan fingerprint density at radius 3 is 2.81 bits per heavy atom. The van der Waals surface area contributed by atoms with Gasteiger partial charge in [-0.1, -0.05) is 19.1 Å². The number of nitrogens with zero attached hydrogens (tertiary/aromatic N) is 2. The molecular formula is C17H17F2N3O4. The first-order chi connectivity index (χ1) is 12.4. The highest BCUT2D eigenvalue weighted by atomic mass is 19.3. The van der Waals surface area contributed by atoms with E-state index in [4.69, 9.17) is 0 Å². The summed E-state index contributed by atoms with van der Waals surface area (Å²) >= 11 is 0. The predicted molar refractivity (Wildman–Crippen MR) is 86.8 cm³/mol. The molecule has 1 aliphatic heterocycles. The number of halogens is 2. The number of benzene rings is 1. The summed E-state index contributed by atoms with van der Waals surface area (Å²) in [5, 5.41) is 15.8. The van der Waals surface area contributed by atoms with Crippen molar-refractivity contribution in [3.8, 4) is 17.0 Å². The molecule has 0 spiro atoms. The molecule has 7 nitrogen and oxygen atoms in total. The van der Waals surface area contributed by atoms with Gasteiger partial charge in [0.2, 0.25) is 0 Å². The molecule has 3 rings (SSSR count). The van der Waals surface area contributed by atoms with Crippen molar-refractivity contribution < 1.29 is 28.2 Å². The van der Waals surface area contributed by atoms with Crippen LogP contribution in [0.3, 0.4) is 0 Å². The fourth-order valence-electron chi connectivity index (χ4n) is 3.12. The average Bonchev–Trinajstić information content (AvgIpc) is 3.20. The Morgan fingerprint density at radius 1 is 1.38 bits per heavy atom. The zero-order valence-corrected chi connectivity index (χ0v) is 13.9. The van der Waals surface area contributed by atoms with Crippen LogP contribution in [0.2, 0.25) is 0 Å². The monoisotopic (exact) mass is 365 g/mol. The van der Waals surface area contributed by atoms with E-state index in [1.807, 2.05) is 0 Å². The molecule has 2 heterocycles. The molecular weight excluding hydrogens is 348 g/mol. The van der Waals surface area contributed by atoms with Crippen LogP contribution in [0.25, 0.3) is 11.3 Å². The summed E-state index contributed by atoms with van der Waals surface area (Å²) in [5.41, 5.74) is 1.07. The molecule has 1 aromatic carbocycles. The summed E-state index contributed by atoms with van der Waals surface area (Å²) in [6.45, 7) is -0.719. The van der Waals surface area contributed by atoms with Gasteiger partial charge in [-0.15, -0.1) is 0 Å². The molecule has 1 saturated heterocycles. The fraction of sp³-hybridized carbons (Fsp3) is 0.353. The van der Waals surface area contributed by atoms with Crippen LogP contribution < -0.4 is 4.74 Å². The molecule has 0 radical (unpaired) electrons. The van der Waals surface area contributed by atoms with Gasteiger partial charge < -0.3 is 14.7 Å². The van der Waals surface area contributed by atoms with Crippen molar-refractivity contribution in [3.05, 3.63) is 36.0 Å². The van der Waals surface area contributed by atoms with Gasteiger partial charge in [0.1, 0.15) is 5.75 Å². The number of carboxylic acid groups (broad SMARTS) is 1. The first-order valence-electron chi connectivity index (χ1n) is 7.97. The lowest BCUT2D eigenvalue weighted by molar-refractivity contribution is -0.142. The molecule has 1 aromatic heterocycles. The van der Waals surface area contributed by atoms with Gasteiger partial charge in [0.15, 0.2) is 0 Å². The third kappa shape index (κ3) is 3.51. The first kappa shape index (κ1) is 17.8. The molecule has 138 valence electrons. The number of aromatic amines is 1. The summed E-state index contributed by atoms with van der Waals surface area (Å²) in [5.74, 6) is -2.10. The number of H-pyrrole nitrogens is 1. The number of hydrogen-bond donors (Lipinski definition) is 2. The van der Waals surface area contributed by atoms with Crippen molar-refractivity contribution in [2.24, 2.45) is 11.8 Å². The second kappa shape index (κ2) is 7.11. The van der Waals surface area contributed by atoms with E-state index >= 15 is 0 Å². The molecule has 2 atom stereocenters. The number of alkyl halides is 2. The van der Waals surface area contributed by atoms with Crippen molar-refractivity contribution >= 4 is 11.9 Å². The highest BCUT2D eigenvalue weighted by Crippen LogP contribution is 2.29. The smallest absolute Gasteiger partial charge is 0.387 e. The molecule has 1 aliphatic rings. The van der Waals surface area contributed by atoms with Gasteiger partial charge in [-0.05, 0) is 18.1 Å². The molecule has 1 amide bonds. The Labute approximate surface area is 147 Å². The minimum absolute atomic E-state index is 0.0359. The number of amides is 1. The number of nitrogens with one attached hydrogen (secondary N) is 1. The zero-order valence-electron chi connectivity index (χ0n) is 13.9. The Hall–Kier alpha value is -2.97. The van der Waals surface area contributed by atoms with Crippen molar-refractivity contribution in [2.75, 3.05) is 13.1 Å². The molecule has 0 saturated carbocycles. The predicted octanol–water partition coefficient (Wildman–Crippen LogP) is 2.47. The molecule has 2 aromatic rings. The third-order valence-corrected chi connectivity index (χ3v) is 4.43. The Morgan fingerprint density at radius 2 is 2.15 bits per heavy atom. The van der Waals surface area contributed by atoms with Crippen molar-refractivity contribution in [1.82, 2.24) is 15.1 Å². The van der Waals surface area contributed by atoms with E-state index in [1.165, 1.54) is 29.3 Å². The number of likely N-dealkylation sites (tertiary alicyclic amines) is 1. The van der Waals surface area contributed by atoms with Gasteiger partial charge in [0.05, 0.1) is 23.4 Å². The van der Waals surface area contributed by atoms with Crippen LogP contribution in [0.15, 0.2) is 30.5 Å². The quantitative estimate of drug-likeness (QED) is 0.849. The second-order valence-corrected chi connectivity index (χ2v) is 6.20. The van der Waals surface area contributed by atoms with Crippen LogP contribution in [0, 0.1) is 11.8 Å². The highest BCUT2D eigenvalue weighted by molar-refractivity contribution is 6.00.